The third kappa shape index (κ3) is 5.48. The Morgan fingerprint density at radius 3 is 2.48 bits per heavy atom. The summed E-state index contributed by atoms with van der Waals surface area (Å²) < 4.78 is 1.87. The minimum atomic E-state index is -0.292. The maximum absolute atomic E-state index is 12.7. The fraction of sp³-hybridized carbons (Fsp3) is 0.120. The number of hydrogen-bond acceptors (Lipinski definition) is 5. The molecule has 0 spiro atoms. The molecule has 0 bridgehead atoms. The van der Waals surface area contributed by atoms with Crippen LogP contribution in [0.2, 0.25) is 0 Å². The quantitative estimate of drug-likeness (QED) is 0.387. The van der Waals surface area contributed by atoms with E-state index >= 15 is 0 Å². The second kappa shape index (κ2) is 10.1. The standard InChI is InChI=1S/C25H23N5O2S/c1-17-12-13-22(18(2)14-17)30-16-26-29-25(30)33-15-23(31)28-21-11-7-6-10-20(21)24(32)27-19-8-4-3-5-9-19/h3-14,16H,15H2,1-2H3,(H,27,32)(H,28,31). The van der Waals surface area contributed by atoms with Crippen molar-refractivity contribution >= 4 is 35.0 Å². The van der Waals surface area contributed by atoms with Gasteiger partial charge in [0.15, 0.2) is 5.16 Å². The van der Waals surface area contributed by atoms with Gasteiger partial charge in [-0.3, -0.25) is 14.2 Å². The fourth-order valence-electron chi connectivity index (χ4n) is 3.39. The SMILES string of the molecule is Cc1ccc(-n2cnnc2SCC(=O)Nc2ccccc2C(=O)Nc2ccccc2)c(C)c1. The highest BCUT2D eigenvalue weighted by Gasteiger charge is 2.15. The van der Waals surface area contributed by atoms with E-state index in [2.05, 4.69) is 26.9 Å². The molecular formula is C25H23N5O2S. The lowest BCUT2D eigenvalue weighted by molar-refractivity contribution is -0.113. The number of amides is 2. The molecule has 0 atom stereocenters. The molecule has 7 nitrogen and oxygen atoms in total. The zero-order valence-electron chi connectivity index (χ0n) is 18.3. The Bertz CT molecular complexity index is 1290. The third-order valence-electron chi connectivity index (χ3n) is 4.94. The van der Waals surface area contributed by atoms with Crippen LogP contribution in [0.25, 0.3) is 5.69 Å². The lowest BCUT2D eigenvalue weighted by atomic mass is 10.1. The number of carbonyl (C=O) groups is 2. The molecule has 0 aliphatic rings. The molecule has 4 rings (SSSR count). The molecule has 0 aliphatic heterocycles. The lowest BCUT2D eigenvalue weighted by Crippen LogP contribution is -2.19. The number of aryl methyl sites for hydroxylation is 2. The molecule has 1 aromatic heterocycles. The maximum atomic E-state index is 12.7. The van der Waals surface area contributed by atoms with Gasteiger partial charge in [-0.15, -0.1) is 10.2 Å². The summed E-state index contributed by atoms with van der Waals surface area (Å²) in [5, 5.41) is 14.5. The van der Waals surface area contributed by atoms with Gasteiger partial charge in [0.1, 0.15) is 6.33 Å². The summed E-state index contributed by atoms with van der Waals surface area (Å²) in [5.74, 6) is -0.410. The lowest BCUT2D eigenvalue weighted by Gasteiger charge is -2.12. The zero-order chi connectivity index (χ0) is 23.2. The predicted octanol–water partition coefficient (Wildman–Crippen LogP) is 4.87. The Morgan fingerprint density at radius 1 is 0.939 bits per heavy atom. The predicted molar refractivity (Wildman–Crippen MR) is 131 cm³/mol. The van der Waals surface area contributed by atoms with Crippen LogP contribution in [0.4, 0.5) is 11.4 Å². The molecule has 8 heteroatoms. The normalized spacial score (nSPS) is 10.6. The van der Waals surface area contributed by atoms with Crippen molar-refractivity contribution in [2.45, 2.75) is 19.0 Å². The molecule has 3 aromatic carbocycles. The molecule has 0 saturated carbocycles. The van der Waals surface area contributed by atoms with Crippen molar-refractivity contribution in [3.05, 3.63) is 95.8 Å². The van der Waals surface area contributed by atoms with E-state index in [0.717, 1.165) is 11.3 Å². The molecule has 2 amide bonds. The number of nitrogens with one attached hydrogen (secondary N) is 2. The monoisotopic (exact) mass is 457 g/mol. The summed E-state index contributed by atoms with van der Waals surface area (Å²) in [7, 11) is 0. The number of para-hydroxylation sites is 2. The van der Waals surface area contributed by atoms with Crippen LogP contribution in [0, 0.1) is 13.8 Å². The average molecular weight is 458 g/mol. The molecule has 1 heterocycles. The van der Waals surface area contributed by atoms with Crippen molar-refractivity contribution in [3.63, 3.8) is 0 Å². The molecule has 2 N–H and O–H groups in total. The van der Waals surface area contributed by atoms with Crippen LogP contribution in [0.5, 0.6) is 0 Å². The molecule has 166 valence electrons. The first-order valence-corrected chi connectivity index (χ1v) is 11.4. The molecular weight excluding hydrogens is 434 g/mol. The first kappa shape index (κ1) is 22.3. The van der Waals surface area contributed by atoms with Gasteiger partial charge in [0.25, 0.3) is 5.91 Å². The molecule has 0 radical (unpaired) electrons. The number of carbonyl (C=O) groups excluding carboxylic acids is 2. The largest absolute Gasteiger partial charge is 0.325 e. The minimum absolute atomic E-state index is 0.123. The Morgan fingerprint density at radius 2 is 1.70 bits per heavy atom. The average Bonchev–Trinajstić information content (AvgIpc) is 3.27. The summed E-state index contributed by atoms with van der Waals surface area (Å²) in [5.41, 5.74) is 4.76. The molecule has 0 saturated heterocycles. The van der Waals surface area contributed by atoms with Gasteiger partial charge in [0.2, 0.25) is 5.91 Å². The van der Waals surface area contributed by atoms with Gasteiger partial charge in [0, 0.05) is 5.69 Å². The Kier molecular flexibility index (Phi) is 6.85. The third-order valence-corrected chi connectivity index (χ3v) is 5.88. The second-order valence-corrected chi connectivity index (χ2v) is 8.42. The summed E-state index contributed by atoms with van der Waals surface area (Å²) in [6.07, 6.45) is 1.64. The fourth-order valence-corrected chi connectivity index (χ4v) is 4.11. The molecule has 0 unspecified atom stereocenters. The van der Waals surface area contributed by atoms with Crippen molar-refractivity contribution in [1.82, 2.24) is 14.8 Å². The van der Waals surface area contributed by atoms with Crippen molar-refractivity contribution in [3.8, 4) is 5.69 Å². The highest BCUT2D eigenvalue weighted by molar-refractivity contribution is 7.99. The zero-order valence-corrected chi connectivity index (χ0v) is 19.1. The highest BCUT2D eigenvalue weighted by Crippen LogP contribution is 2.23. The first-order chi connectivity index (χ1) is 16.0. The smallest absolute Gasteiger partial charge is 0.257 e. The number of nitrogens with zero attached hydrogens (tertiary/aromatic N) is 3. The molecule has 0 fully saturated rings. The van der Waals surface area contributed by atoms with E-state index in [-0.39, 0.29) is 17.6 Å². The first-order valence-electron chi connectivity index (χ1n) is 10.4. The molecule has 33 heavy (non-hydrogen) atoms. The van der Waals surface area contributed by atoms with Crippen molar-refractivity contribution in [1.29, 1.82) is 0 Å². The van der Waals surface area contributed by atoms with Crippen LogP contribution >= 0.6 is 11.8 Å². The number of benzene rings is 3. The van der Waals surface area contributed by atoms with Crippen LogP contribution in [0.3, 0.4) is 0 Å². The van der Waals surface area contributed by atoms with Gasteiger partial charge in [-0.05, 0) is 49.7 Å². The minimum Gasteiger partial charge on any atom is -0.325 e. The van der Waals surface area contributed by atoms with Gasteiger partial charge in [-0.25, -0.2) is 0 Å². The van der Waals surface area contributed by atoms with Crippen molar-refractivity contribution in [2.75, 3.05) is 16.4 Å². The van der Waals surface area contributed by atoms with Crippen molar-refractivity contribution < 1.29 is 9.59 Å². The number of hydrogen-bond donors (Lipinski definition) is 2. The van der Waals surface area contributed by atoms with Gasteiger partial charge in [-0.1, -0.05) is 59.8 Å². The maximum Gasteiger partial charge on any atom is 0.257 e. The number of rotatable bonds is 7. The summed E-state index contributed by atoms with van der Waals surface area (Å²) in [6.45, 7) is 4.07. The summed E-state index contributed by atoms with van der Waals surface area (Å²) >= 11 is 1.28. The number of anilines is 2. The van der Waals surface area contributed by atoms with Gasteiger partial charge >= 0.3 is 0 Å². The highest BCUT2D eigenvalue weighted by atomic mass is 32.2. The van der Waals surface area contributed by atoms with E-state index in [1.54, 1.807) is 30.6 Å². The Hall–Kier alpha value is -3.91. The number of aromatic nitrogens is 3. The van der Waals surface area contributed by atoms with E-state index in [9.17, 15) is 9.59 Å². The van der Waals surface area contributed by atoms with E-state index in [4.69, 9.17) is 0 Å². The van der Waals surface area contributed by atoms with Crippen molar-refractivity contribution in [2.24, 2.45) is 0 Å². The van der Waals surface area contributed by atoms with Crippen LogP contribution in [0.15, 0.2) is 84.3 Å². The van der Waals surface area contributed by atoms with Gasteiger partial charge in [0.05, 0.1) is 22.7 Å². The molecule has 0 aliphatic carbocycles. The Labute approximate surface area is 196 Å². The summed E-state index contributed by atoms with van der Waals surface area (Å²) in [6, 6.07) is 22.2. The van der Waals surface area contributed by atoms with Crippen LogP contribution in [-0.2, 0) is 4.79 Å². The molecule has 4 aromatic rings. The van der Waals surface area contributed by atoms with E-state index < -0.39 is 0 Å². The van der Waals surface area contributed by atoms with Gasteiger partial charge < -0.3 is 10.6 Å². The van der Waals surface area contributed by atoms with E-state index in [1.165, 1.54) is 17.3 Å². The van der Waals surface area contributed by atoms with E-state index in [1.807, 2.05) is 60.9 Å². The second-order valence-electron chi connectivity index (χ2n) is 7.48. The Balaban J connectivity index is 1.43. The van der Waals surface area contributed by atoms with Crippen LogP contribution in [-0.4, -0.2) is 32.3 Å². The summed E-state index contributed by atoms with van der Waals surface area (Å²) in [4.78, 5) is 25.4. The topological polar surface area (TPSA) is 88.9 Å². The van der Waals surface area contributed by atoms with E-state index in [0.29, 0.717) is 22.1 Å². The number of thioether (sulfide) groups is 1. The van der Waals surface area contributed by atoms with Crippen LogP contribution < -0.4 is 10.6 Å². The van der Waals surface area contributed by atoms with Crippen LogP contribution in [0.1, 0.15) is 21.5 Å². The van der Waals surface area contributed by atoms with Gasteiger partial charge in [-0.2, -0.15) is 0 Å².